The monoisotopic (exact) mass is 311 g/mol. The SMILES string of the molecule is COCCN1C(=O)N(C(C)C)C(=O)C12CCN(C(C)C)CC2. The Morgan fingerprint density at radius 1 is 1.09 bits per heavy atom. The molecule has 2 rings (SSSR count). The highest BCUT2D eigenvalue weighted by molar-refractivity contribution is 6.07. The molecule has 0 aromatic rings. The zero-order valence-corrected chi connectivity index (χ0v) is 14.5. The van der Waals surface area contributed by atoms with E-state index in [1.165, 1.54) is 4.90 Å². The first-order valence-electron chi connectivity index (χ1n) is 8.23. The Balaban J connectivity index is 2.25. The summed E-state index contributed by atoms with van der Waals surface area (Å²) in [4.78, 5) is 31.3. The van der Waals surface area contributed by atoms with Crippen LogP contribution in [0.3, 0.4) is 0 Å². The van der Waals surface area contributed by atoms with Gasteiger partial charge in [0.1, 0.15) is 5.54 Å². The number of carbonyl (C=O) groups is 2. The van der Waals surface area contributed by atoms with Crippen LogP contribution in [0.25, 0.3) is 0 Å². The number of nitrogens with zero attached hydrogens (tertiary/aromatic N) is 3. The van der Waals surface area contributed by atoms with Crippen LogP contribution < -0.4 is 0 Å². The summed E-state index contributed by atoms with van der Waals surface area (Å²) in [6.45, 7) is 10.8. The van der Waals surface area contributed by atoms with Crippen molar-refractivity contribution < 1.29 is 14.3 Å². The Kier molecular flexibility index (Phi) is 5.12. The van der Waals surface area contributed by atoms with Crippen LogP contribution in [-0.4, -0.2) is 77.6 Å². The largest absolute Gasteiger partial charge is 0.383 e. The Labute approximate surface area is 133 Å². The summed E-state index contributed by atoms with van der Waals surface area (Å²) in [5.74, 6) is -0.0213. The molecule has 0 saturated carbocycles. The second kappa shape index (κ2) is 6.54. The molecule has 22 heavy (non-hydrogen) atoms. The highest BCUT2D eigenvalue weighted by Crippen LogP contribution is 2.38. The van der Waals surface area contributed by atoms with Crippen LogP contribution >= 0.6 is 0 Å². The lowest BCUT2D eigenvalue weighted by Crippen LogP contribution is -2.58. The molecular weight excluding hydrogens is 282 g/mol. The van der Waals surface area contributed by atoms with E-state index in [4.69, 9.17) is 4.74 Å². The fourth-order valence-corrected chi connectivity index (χ4v) is 3.58. The molecule has 0 radical (unpaired) electrons. The van der Waals surface area contributed by atoms with Crippen LogP contribution in [0.1, 0.15) is 40.5 Å². The Morgan fingerprint density at radius 3 is 2.14 bits per heavy atom. The summed E-state index contributed by atoms with van der Waals surface area (Å²) in [7, 11) is 1.62. The van der Waals surface area contributed by atoms with Gasteiger partial charge in [-0.25, -0.2) is 4.79 Å². The summed E-state index contributed by atoms with van der Waals surface area (Å²) in [6.07, 6.45) is 1.42. The third-order valence-corrected chi connectivity index (χ3v) is 4.96. The van der Waals surface area contributed by atoms with Crippen LogP contribution in [0.4, 0.5) is 4.79 Å². The molecule has 2 aliphatic rings. The van der Waals surface area contributed by atoms with Gasteiger partial charge < -0.3 is 14.5 Å². The van der Waals surface area contributed by atoms with Gasteiger partial charge in [0.05, 0.1) is 6.61 Å². The number of imide groups is 1. The highest BCUT2D eigenvalue weighted by atomic mass is 16.5. The van der Waals surface area contributed by atoms with Gasteiger partial charge in [0.15, 0.2) is 0 Å². The van der Waals surface area contributed by atoms with E-state index in [0.29, 0.717) is 32.0 Å². The molecule has 3 amide bonds. The van der Waals surface area contributed by atoms with Crippen molar-refractivity contribution in [1.29, 1.82) is 0 Å². The summed E-state index contributed by atoms with van der Waals surface area (Å²) >= 11 is 0. The smallest absolute Gasteiger partial charge is 0.327 e. The van der Waals surface area contributed by atoms with Crippen molar-refractivity contribution in [3.05, 3.63) is 0 Å². The third kappa shape index (κ3) is 2.74. The maximum Gasteiger partial charge on any atom is 0.327 e. The topological polar surface area (TPSA) is 53.1 Å². The quantitative estimate of drug-likeness (QED) is 0.723. The van der Waals surface area contributed by atoms with Crippen molar-refractivity contribution in [3.63, 3.8) is 0 Å². The Bertz CT molecular complexity index is 428. The maximum atomic E-state index is 13.0. The lowest BCUT2D eigenvalue weighted by molar-refractivity contribution is -0.137. The van der Waals surface area contributed by atoms with Gasteiger partial charge in [0.25, 0.3) is 5.91 Å². The van der Waals surface area contributed by atoms with E-state index in [1.807, 2.05) is 13.8 Å². The minimum Gasteiger partial charge on any atom is -0.383 e. The number of rotatable bonds is 5. The minimum absolute atomic E-state index is 0.0213. The first-order chi connectivity index (χ1) is 10.3. The summed E-state index contributed by atoms with van der Waals surface area (Å²) in [5, 5.41) is 0. The van der Waals surface area contributed by atoms with Crippen molar-refractivity contribution in [2.24, 2.45) is 0 Å². The van der Waals surface area contributed by atoms with E-state index in [9.17, 15) is 9.59 Å². The summed E-state index contributed by atoms with van der Waals surface area (Å²) in [6, 6.07) is 0.209. The van der Waals surface area contributed by atoms with Crippen molar-refractivity contribution in [2.45, 2.75) is 58.2 Å². The number of likely N-dealkylation sites (tertiary alicyclic amines) is 1. The first kappa shape index (κ1) is 17.2. The predicted molar refractivity (Wildman–Crippen MR) is 84.6 cm³/mol. The lowest BCUT2D eigenvalue weighted by atomic mass is 9.85. The number of hydrogen-bond acceptors (Lipinski definition) is 4. The third-order valence-electron chi connectivity index (χ3n) is 4.96. The molecule has 6 heteroatoms. The summed E-state index contributed by atoms with van der Waals surface area (Å²) < 4.78 is 5.14. The van der Waals surface area contributed by atoms with Gasteiger partial charge >= 0.3 is 6.03 Å². The van der Waals surface area contributed by atoms with Gasteiger partial charge in [-0.1, -0.05) is 0 Å². The lowest BCUT2D eigenvalue weighted by Gasteiger charge is -2.43. The van der Waals surface area contributed by atoms with Gasteiger partial charge in [-0.15, -0.1) is 0 Å². The molecule has 1 spiro atoms. The molecule has 0 aromatic heterocycles. The van der Waals surface area contributed by atoms with Crippen LogP contribution in [-0.2, 0) is 9.53 Å². The molecule has 0 N–H and O–H groups in total. The highest BCUT2D eigenvalue weighted by Gasteiger charge is 2.58. The van der Waals surface area contributed by atoms with E-state index >= 15 is 0 Å². The zero-order valence-electron chi connectivity index (χ0n) is 14.5. The number of urea groups is 1. The molecule has 0 aromatic carbocycles. The van der Waals surface area contributed by atoms with Crippen molar-refractivity contribution in [2.75, 3.05) is 33.4 Å². The molecule has 0 atom stereocenters. The van der Waals surface area contributed by atoms with Crippen molar-refractivity contribution in [1.82, 2.24) is 14.7 Å². The molecule has 2 heterocycles. The molecule has 0 bridgehead atoms. The molecular formula is C16H29N3O3. The number of amides is 3. The minimum atomic E-state index is -0.661. The molecule has 2 aliphatic heterocycles. The van der Waals surface area contributed by atoms with Crippen LogP contribution in [0, 0.1) is 0 Å². The Morgan fingerprint density at radius 2 is 1.68 bits per heavy atom. The van der Waals surface area contributed by atoms with Crippen molar-refractivity contribution >= 4 is 11.9 Å². The molecule has 0 aliphatic carbocycles. The standard InChI is InChI=1S/C16H29N3O3/c1-12(2)17-8-6-16(7-9-17)14(20)19(13(3)4)15(21)18(16)10-11-22-5/h12-13H,6-11H2,1-5H3. The number of hydrogen-bond donors (Lipinski definition) is 0. The van der Waals surface area contributed by atoms with Crippen LogP contribution in [0.5, 0.6) is 0 Å². The van der Waals surface area contributed by atoms with Gasteiger partial charge in [-0.05, 0) is 40.5 Å². The average molecular weight is 311 g/mol. The van der Waals surface area contributed by atoms with Crippen molar-refractivity contribution in [3.8, 4) is 0 Å². The molecule has 2 fully saturated rings. The molecule has 126 valence electrons. The van der Waals surface area contributed by atoms with E-state index < -0.39 is 5.54 Å². The van der Waals surface area contributed by atoms with E-state index in [1.54, 1.807) is 12.0 Å². The maximum absolute atomic E-state index is 13.0. The first-order valence-corrected chi connectivity index (χ1v) is 8.23. The normalized spacial score (nSPS) is 22.7. The fourth-order valence-electron chi connectivity index (χ4n) is 3.58. The van der Waals surface area contributed by atoms with E-state index in [-0.39, 0.29) is 18.0 Å². The van der Waals surface area contributed by atoms with Gasteiger partial charge in [-0.3, -0.25) is 9.69 Å². The molecule has 2 saturated heterocycles. The Hall–Kier alpha value is -1.14. The fraction of sp³-hybridized carbons (Fsp3) is 0.875. The van der Waals surface area contributed by atoms with E-state index in [2.05, 4.69) is 18.7 Å². The van der Waals surface area contributed by atoms with Crippen LogP contribution in [0.2, 0.25) is 0 Å². The predicted octanol–water partition coefficient (Wildman–Crippen LogP) is 1.55. The van der Waals surface area contributed by atoms with Crippen LogP contribution in [0.15, 0.2) is 0 Å². The van der Waals surface area contributed by atoms with E-state index in [0.717, 1.165) is 13.1 Å². The number of piperidine rings is 1. The van der Waals surface area contributed by atoms with Gasteiger partial charge in [0, 0.05) is 38.8 Å². The van der Waals surface area contributed by atoms with Gasteiger partial charge in [-0.2, -0.15) is 0 Å². The number of ether oxygens (including phenoxy) is 1. The number of carbonyl (C=O) groups excluding carboxylic acids is 2. The molecule has 0 unspecified atom stereocenters. The number of methoxy groups -OCH3 is 1. The second-order valence-electron chi connectivity index (χ2n) is 6.86. The van der Waals surface area contributed by atoms with Gasteiger partial charge in [0.2, 0.25) is 0 Å². The summed E-state index contributed by atoms with van der Waals surface area (Å²) in [5.41, 5.74) is -0.661. The average Bonchev–Trinajstić information content (AvgIpc) is 2.66. The zero-order chi connectivity index (χ0) is 16.5. The molecule has 6 nitrogen and oxygen atoms in total. The second-order valence-corrected chi connectivity index (χ2v) is 6.86.